The second kappa shape index (κ2) is 6.96. The lowest BCUT2D eigenvalue weighted by atomic mass is 10.1. The average Bonchev–Trinajstić information content (AvgIpc) is 3.26. The SMILES string of the molecule is c1ccc(-c2nnc(N3CCN(C4CC4)CC3)n2C[C@H]2CCOC2)nc1. The highest BCUT2D eigenvalue weighted by Gasteiger charge is 2.33. The minimum atomic E-state index is 0.528. The Hall–Kier alpha value is -1.99. The van der Waals surface area contributed by atoms with E-state index in [1.165, 1.54) is 12.8 Å². The molecule has 1 aliphatic carbocycles. The van der Waals surface area contributed by atoms with E-state index in [0.29, 0.717) is 5.92 Å². The molecule has 1 atom stereocenters. The quantitative estimate of drug-likeness (QED) is 0.814. The van der Waals surface area contributed by atoms with Crippen LogP contribution in [0.25, 0.3) is 11.5 Å². The lowest BCUT2D eigenvalue weighted by Gasteiger charge is -2.35. The van der Waals surface area contributed by atoms with Crippen molar-refractivity contribution in [3.63, 3.8) is 0 Å². The summed E-state index contributed by atoms with van der Waals surface area (Å²) in [6, 6.07) is 6.80. The number of aromatic nitrogens is 4. The van der Waals surface area contributed by atoms with E-state index in [-0.39, 0.29) is 0 Å². The van der Waals surface area contributed by atoms with Crippen molar-refractivity contribution in [1.29, 1.82) is 0 Å². The Bertz CT molecular complexity index is 730. The Labute approximate surface area is 154 Å². The first-order valence-electron chi connectivity index (χ1n) is 9.80. The first-order valence-corrected chi connectivity index (χ1v) is 9.80. The number of nitrogens with zero attached hydrogens (tertiary/aromatic N) is 6. The third kappa shape index (κ3) is 3.21. The highest BCUT2D eigenvalue weighted by Crippen LogP contribution is 2.30. The van der Waals surface area contributed by atoms with Crippen molar-refractivity contribution in [3.8, 4) is 11.5 Å². The summed E-state index contributed by atoms with van der Waals surface area (Å²) in [5, 5.41) is 9.11. The normalized spacial score (nSPS) is 24.3. The van der Waals surface area contributed by atoms with Gasteiger partial charge >= 0.3 is 0 Å². The molecular weight excluding hydrogens is 328 g/mol. The van der Waals surface area contributed by atoms with Crippen molar-refractivity contribution in [2.45, 2.75) is 31.8 Å². The zero-order chi connectivity index (χ0) is 17.3. The number of rotatable bonds is 5. The number of hydrogen-bond donors (Lipinski definition) is 0. The van der Waals surface area contributed by atoms with Gasteiger partial charge in [0.1, 0.15) is 5.69 Å². The zero-order valence-electron chi connectivity index (χ0n) is 15.1. The molecule has 0 radical (unpaired) electrons. The standard InChI is InChI=1S/C19H26N6O/c1-2-7-20-17(3-1)18-21-22-19(25(18)13-15-6-12-26-14-15)24-10-8-23(9-11-24)16-4-5-16/h1-3,7,15-16H,4-6,8-14H2/t15-/m1/s1. The molecule has 0 spiro atoms. The Morgan fingerprint density at radius 1 is 1.04 bits per heavy atom. The first kappa shape index (κ1) is 16.2. The molecule has 2 aromatic heterocycles. The molecule has 3 fully saturated rings. The van der Waals surface area contributed by atoms with Gasteiger partial charge in [0.15, 0.2) is 5.82 Å². The van der Waals surface area contributed by atoms with Crippen LogP contribution in [0.3, 0.4) is 0 Å². The van der Waals surface area contributed by atoms with Crippen LogP contribution in [0.15, 0.2) is 24.4 Å². The fourth-order valence-corrected chi connectivity index (χ4v) is 4.09. The van der Waals surface area contributed by atoms with Gasteiger partial charge in [-0.25, -0.2) is 0 Å². The second-order valence-electron chi connectivity index (χ2n) is 7.63. The molecule has 4 heterocycles. The summed E-state index contributed by atoms with van der Waals surface area (Å²) < 4.78 is 7.87. The van der Waals surface area contributed by atoms with Crippen LogP contribution in [0.2, 0.25) is 0 Å². The second-order valence-corrected chi connectivity index (χ2v) is 7.63. The van der Waals surface area contributed by atoms with Gasteiger partial charge < -0.3 is 9.64 Å². The maximum absolute atomic E-state index is 5.59. The van der Waals surface area contributed by atoms with Gasteiger partial charge in [-0.05, 0) is 31.4 Å². The third-order valence-electron chi connectivity index (χ3n) is 5.75. The minimum absolute atomic E-state index is 0.528. The molecule has 26 heavy (non-hydrogen) atoms. The first-order chi connectivity index (χ1) is 12.9. The molecular formula is C19H26N6O. The number of hydrogen-bond acceptors (Lipinski definition) is 6. The molecule has 7 nitrogen and oxygen atoms in total. The molecule has 0 amide bonds. The molecule has 0 unspecified atom stereocenters. The number of anilines is 1. The lowest BCUT2D eigenvalue weighted by molar-refractivity contribution is 0.182. The zero-order valence-corrected chi connectivity index (χ0v) is 15.1. The fourth-order valence-electron chi connectivity index (χ4n) is 4.09. The van der Waals surface area contributed by atoms with Gasteiger partial charge in [-0.3, -0.25) is 14.5 Å². The summed E-state index contributed by atoms with van der Waals surface area (Å²) in [5.74, 6) is 2.39. The van der Waals surface area contributed by atoms with Gasteiger partial charge in [0, 0.05) is 57.5 Å². The van der Waals surface area contributed by atoms with E-state index in [9.17, 15) is 0 Å². The van der Waals surface area contributed by atoms with E-state index in [2.05, 4.69) is 29.5 Å². The van der Waals surface area contributed by atoms with Gasteiger partial charge in [0.25, 0.3) is 0 Å². The van der Waals surface area contributed by atoms with Crippen molar-refractivity contribution >= 4 is 5.95 Å². The van der Waals surface area contributed by atoms with E-state index in [0.717, 1.165) is 75.9 Å². The smallest absolute Gasteiger partial charge is 0.227 e. The Morgan fingerprint density at radius 3 is 2.62 bits per heavy atom. The molecule has 7 heteroatoms. The summed E-state index contributed by atoms with van der Waals surface area (Å²) in [5.41, 5.74) is 0.891. The van der Waals surface area contributed by atoms with E-state index in [1.54, 1.807) is 0 Å². The van der Waals surface area contributed by atoms with Crippen LogP contribution in [0.1, 0.15) is 19.3 Å². The third-order valence-corrected chi connectivity index (χ3v) is 5.75. The fraction of sp³-hybridized carbons (Fsp3) is 0.632. The largest absolute Gasteiger partial charge is 0.381 e. The predicted octanol–water partition coefficient (Wildman–Crippen LogP) is 1.66. The monoisotopic (exact) mass is 354 g/mol. The highest BCUT2D eigenvalue weighted by atomic mass is 16.5. The molecule has 2 saturated heterocycles. The predicted molar refractivity (Wildman–Crippen MR) is 99.0 cm³/mol. The average molecular weight is 354 g/mol. The van der Waals surface area contributed by atoms with Crippen molar-refractivity contribution in [1.82, 2.24) is 24.6 Å². The van der Waals surface area contributed by atoms with Crippen LogP contribution in [0.5, 0.6) is 0 Å². The molecule has 138 valence electrons. The van der Waals surface area contributed by atoms with Crippen LogP contribution in [0.4, 0.5) is 5.95 Å². The summed E-state index contributed by atoms with van der Waals surface area (Å²) in [6.45, 7) is 6.90. The molecule has 2 aromatic rings. The number of pyridine rings is 1. The van der Waals surface area contributed by atoms with E-state index >= 15 is 0 Å². The summed E-state index contributed by atoms with van der Waals surface area (Å²) >= 11 is 0. The molecule has 3 aliphatic rings. The summed E-state index contributed by atoms with van der Waals surface area (Å²) in [4.78, 5) is 9.53. The molecule has 0 bridgehead atoms. The Kier molecular flexibility index (Phi) is 4.34. The van der Waals surface area contributed by atoms with Crippen LogP contribution in [-0.2, 0) is 11.3 Å². The van der Waals surface area contributed by atoms with Crippen LogP contribution < -0.4 is 4.90 Å². The van der Waals surface area contributed by atoms with E-state index in [4.69, 9.17) is 4.74 Å². The highest BCUT2D eigenvalue weighted by molar-refractivity contribution is 5.52. The van der Waals surface area contributed by atoms with Crippen molar-refractivity contribution < 1.29 is 4.74 Å². The molecule has 1 saturated carbocycles. The van der Waals surface area contributed by atoms with Crippen LogP contribution in [-0.4, -0.2) is 70.1 Å². The van der Waals surface area contributed by atoms with E-state index in [1.807, 2.05) is 24.4 Å². The van der Waals surface area contributed by atoms with Crippen LogP contribution in [0, 0.1) is 5.92 Å². The molecule has 5 rings (SSSR count). The van der Waals surface area contributed by atoms with Crippen molar-refractivity contribution in [3.05, 3.63) is 24.4 Å². The Morgan fingerprint density at radius 2 is 1.92 bits per heavy atom. The number of ether oxygens (including phenoxy) is 1. The van der Waals surface area contributed by atoms with E-state index < -0.39 is 0 Å². The molecule has 0 aromatic carbocycles. The molecule has 0 N–H and O–H groups in total. The summed E-state index contributed by atoms with van der Waals surface area (Å²) in [6.07, 6.45) is 5.68. The van der Waals surface area contributed by atoms with Gasteiger partial charge in [-0.15, -0.1) is 10.2 Å². The van der Waals surface area contributed by atoms with Gasteiger partial charge in [-0.2, -0.15) is 0 Å². The maximum Gasteiger partial charge on any atom is 0.227 e. The Balaban J connectivity index is 1.41. The van der Waals surface area contributed by atoms with Gasteiger partial charge in [-0.1, -0.05) is 6.07 Å². The molecule has 2 aliphatic heterocycles. The van der Waals surface area contributed by atoms with Crippen LogP contribution >= 0.6 is 0 Å². The van der Waals surface area contributed by atoms with Gasteiger partial charge in [0.05, 0.1) is 6.61 Å². The van der Waals surface area contributed by atoms with Crippen molar-refractivity contribution in [2.24, 2.45) is 5.92 Å². The number of piperazine rings is 1. The minimum Gasteiger partial charge on any atom is -0.381 e. The lowest BCUT2D eigenvalue weighted by Crippen LogP contribution is -2.48. The maximum atomic E-state index is 5.59. The summed E-state index contributed by atoms with van der Waals surface area (Å²) in [7, 11) is 0. The van der Waals surface area contributed by atoms with Crippen molar-refractivity contribution in [2.75, 3.05) is 44.3 Å². The topological polar surface area (TPSA) is 59.3 Å². The van der Waals surface area contributed by atoms with Gasteiger partial charge in [0.2, 0.25) is 5.95 Å².